The Balaban J connectivity index is 1.80. The van der Waals surface area contributed by atoms with Crippen molar-refractivity contribution < 1.29 is 0 Å². The van der Waals surface area contributed by atoms with E-state index >= 15 is 0 Å². The van der Waals surface area contributed by atoms with Crippen LogP contribution in [0, 0.1) is 0 Å². The van der Waals surface area contributed by atoms with Crippen molar-refractivity contribution in [2.75, 3.05) is 14.1 Å². The van der Waals surface area contributed by atoms with Crippen molar-refractivity contribution in [3.63, 3.8) is 0 Å². The highest BCUT2D eigenvalue weighted by atomic mass is 15.1. The van der Waals surface area contributed by atoms with Crippen molar-refractivity contribution >= 4 is 0 Å². The van der Waals surface area contributed by atoms with Crippen molar-refractivity contribution in [2.24, 2.45) is 0 Å². The minimum atomic E-state index is 0.747. The van der Waals surface area contributed by atoms with E-state index in [4.69, 9.17) is 0 Å². The van der Waals surface area contributed by atoms with E-state index in [0.29, 0.717) is 0 Å². The Morgan fingerprint density at radius 3 is 2.69 bits per heavy atom. The lowest BCUT2D eigenvalue weighted by atomic mass is 9.90. The average Bonchev–Trinajstić information content (AvgIpc) is 2.82. The van der Waals surface area contributed by atoms with Crippen LogP contribution in [0.3, 0.4) is 0 Å². The van der Waals surface area contributed by atoms with E-state index in [2.05, 4.69) is 41.6 Å². The van der Waals surface area contributed by atoms with Gasteiger partial charge in [-0.3, -0.25) is 4.90 Å². The molecule has 1 aliphatic carbocycles. The topological polar surface area (TPSA) is 31.1 Å². The third-order valence-corrected chi connectivity index (χ3v) is 3.82. The van der Waals surface area contributed by atoms with Crippen molar-refractivity contribution in [3.8, 4) is 0 Å². The first-order valence-corrected chi connectivity index (χ1v) is 6.28. The Morgan fingerprint density at radius 2 is 2.12 bits per heavy atom. The highest BCUT2D eigenvalue weighted by Gasteiger charge is 2.22. The fourth-order valence-corrected chi connectivity index (χ4v) is 2.68. The molecule has 1 saturated carbocycles. The molecule has 1 heterocycles. The van der Waals surface area contributed by atoms with Crippen molar-refractivity contribution in [1.82, 2.24) is 15.2 Å². The first-order valence-electron chi connectivity index (χ1n) is 6.28. The molecule has 1 aromatic rings. The molecular formula is C13H23N3. The van der Waals surface area contributed by atoms with Crippen LogP contribution in [0.2, 0.25) is 0 Å². The number of nitrogens with zero attached hydrogens (tertiary/aromatic N) is 1. The van der Waals surface area contributed by atoms with Gasteiger partial charge in [0, 0.05) is 31.0 Å². The quantitative estimate of drug-likeness (QED) is 0.814. The summed E-state index contributed by atoms with van der Waals surface area (Å²) in [4.78, 5) is 5.61. The lowest BCUT2D eigenvalue weighted by Gasteiger charge is -2.34. The zero-order chi connectivity index (χ0) is 11.4. The van der Waals surface area contributed by atoms with Crippen LogP contribution in [0.25, 0.3) is 0 Å². The van der Waals surface area contributed by atoms with Gasteiger partial charge in [-0.25, -0.2) is 0 Å². The fourth-order valence-electron chi connectivity index (χ4n) is 2.68. The molecule has 1 aromatic heterocycles. The second-order valence-electron chi connectivity index (χ2n) is 4.93. The largest absolute Gasteiger partial charge is 0.367 e. The Kier molecular flexibility index (Phi) is 4.02. The first-order chi connectivity index (χ1) is 7.79. The van der Waals surface area contributed by atoms with Gasteiger partial charge in [-0.2, -0.15) is 0 Å². The summed E-state index contributed by atoms with van der Waals surface area (Å²) < 4.78 is 0. The molecule has 0 bridgehead atoms. The van der Waals surface area contributed by atoms with E-state index < -0.39 is 0 Å². The van der Waals surface area contributed by atoms with Crippen LogP contribution in [-0.4, -0.2) is 36.1 Å². The molecule has 0 amide bonds. The summed E-state index contributed by atoms with van der Waals surface area (Å²) in [6.07, 6.45) is 9.38. The molecule has 3 nitrogen and oxygen atoms in total. The summed E-state index contributed by atoms with van der Waals surface area (Å²) in [5.74, 6) is 0. The van der Waals surface area contributed by atoms with Gasteiger partial charge in [0.2, 0.25) is 0 Å². The predicted octanol–water partition coefficient (Wildman–Crippen LogP) is 1.98. The van der Waals surface area contributed by atoms with Gasteiger partial charge < -0.3 is 10.3 Å². The molecule has 16 heavy (non-hydrogen) atoms. The summed E-state index contributed by atoms with van der Waals surface area (Å²) >= 11 is 0. The lowest BCUT2D eigenvalue weighted by Crippen LogP contribution is -2.39. The van der Waals surface area contributed by atoms with Gasteiger partial charge in [-0.15, -0.1) is 0 Å². The molecule has 0 aromatic carbocycles. The van der Waals surface area contributed by atoms with Crippen LogP contribution in [0.4, 0.5) is 0 Å². The van der Waals surface area contributed by atoms with Gasteiger partial charge in [0.25, 0.3) is 0 Å². The second kappa shape index (κ2) is 5.51. The Bertz CT molecular complexity index is 286. The number of hydrogen-bond donors (Lipinski definition) is 2. The molecule has 90 valence electrons. The van der Waals surface area contributed by atoms with E-state index in [-0.39, 0.29) is 0 Å². The molecule has 0 aliphatic heterocycles. The Morgan fingerprint density at radius 1 is 1.38 bits per heavy atom. The lowest BCUT2D eigenvalue weighted by molar-refractivity contribution is 0.170. The van der Waals surface area contributed by atoms with E-state index in [1.54, 1.807) is 0 Å². The molecule has 0 saturated heterocycles. The monoisotopic (exact) mass is 221 g/mol. The molecule has 0 unspecified atom stereocenters. The normalized spacial score (nSPS) is 26.2. The van der Waals surface area contributed by atoms with E-state index in [1.165, 1.54) is 31.2 Å². The number of aromatic nitrogens is 1. The summed E-state index contributed by atoms with van der Waals surface area (Å²) in [6, 6.07) is 3.67. The average molecular weight is 221 g/mol. The zero-order valence-corrected chi connectivity index (χ0v) is 10.4. The molecule has 1 fully saturated rings. The zero-order valence-electron chi connectivity index (χ0n) is 10.4. The first kappa shape index (κ1) is 11.7. The third-order valence-electron chi connectivity index (χ3n) is 3.82. The van der Waals surface area contributed by atoms with Crippen molar-refractivity contribution in [1.29, 1.82) is 0 Å². The van der Waals surface area contributed by atoms with Gasteiger partial charge in [-0.05, 0) is 51.4 Å². The highest BCUT2D eigenvalue weighted by Crippen LogP contribution is 2.23. The maximum absolute atomic E-state index is 3.39. The van der Waals surface area contributed by atoms with E-state index in [0.717, 1.165) is 18.6 Å². The fraction of sp³-hybridized carbons (Fsp3) is 0.692. The van der Waals surface area contributed by atoms with Crippen LogP contribution in [-0.2, 0) is 6.54 Å². The minimum absolute atomic E-state index is 0.747. The van der Waals surface area contributed by atoms with Gasteiger partial charge >= 0.3 is 0 Å². The molecule has 0 spiro atoms. The van der Waals surface area contributed by atoms with Gasteiger partial charge in [-0.1, -0.05) is 0 Å². The van der Waals surface area contributed by atoms with Gasteiger partial charge in [0.05, 0.1) is 0 Å². The van der Waals surface area contributed by atoms with E-state index in [1.807, 2.05) is 6.20 Å². The molecule has 0 atom stereocenters. The molecular weight excluding hydrogens is 198 g/mol. The minimum Gasteiger partial charge on any atom is -0.367 e. The number of nitrogens with one attached hydrogen (secondary N) is 2. The van der Waals surface area contributed by atoms with Crippen molar-refractivity contribution in [3.05, 3.63) is 24.0 Å². The van der Waals surface area contributed by atoms with Crippen LogP contribution in [0.15, 0.2) is 18.5 Å². The van der Waals surface area contributed by atoms with Gasteiger partial charge in [0.1, 0.15) is 0 Å². The van der Waals surface area contributed by atoms with Crippen LogP contribution in [0.1, 0.15) is 31.2 Å². The van der Waals surface area contributed by atoms with Crippen LogP contribution >= 0.6 is 0 Å². The summed E-state index contributed by atoms with van der Waals surface area (Å²) in [5, 5.41) is 3.39. The number of rotatable bonds is 4. The predicted molar refractivity (Wildman–Crippen MR) is 67.4 cm³/mol. The molecule has 0 radical (unpaired) electrons. The maximum atomic E-state index is 3.39. The number of aromatic amines is 1. The maximum Gasteiger partial charge on any atom is 0.0248 e. The van der Waals surface area contributed by atoms with E-state index in [9.17, 15) is 0 Å². The highest BCUT2D eigenvalue weighted by molar-refractivity contribution is 5.08. The summed E-state index contributed by atoms with van der Waals surface area (Å²) in [5.41, 5.74) is 1.39. The SMILES string of the molecule is CNC1CCC(N(C)Cc2cc[nH]c2)CC1. The molecule has 1 aliphatic rings. The van der Waals surface area contributed by atoms with Crippen LogP contribution in [0.5, 0.6) is 0 Å². The smallest absolute Gasteiger partial charge is 0.0248 e. The number of H-pyrrole nitrogens is 1. The molecule has 3 heteroatoms. The van der Waals surface area contributed by atoms with Crippen molar-refractivity contribution in [2.45, 2.75) is 44.3 Å². The standard InChI is InChI=1S/C13H23N3/c1-14-12-3-5-13(6-4-12)16(2)10-11-7-8-15-9-11/h7-9,12-15H,3-6,10H2,1-2H3. The number of hydrogen-bond acceptors (Lipinski definition) is 2. The Hall–Kier alpha value is -0.800. The van der Waals surface area contributed by atoms with Gasteiger partial charge in [0.15, 0.2) is 0 Å². The summed E-state index contributed by atoms with van der Waals surface area (Å²) in [7, 11) is 4.33. The summed E-state index contributed by atoms with van der Waals surface area (Å²) in [6.45, 7) is 1.07. The second-order valence-corrected chi connectivity index (χ2v) is 4.93. The molecule has 2 rings (SSSR count). The van der Waals surface area contributed by atoms with Crippen LogP contribution < -0.4 is 5.32 Å². The molecule has 2 N–H and O–H groups in total. The third kappa shape index (κ3) is 2.86. The Labute approximate surface area is 98.2 Å².